The lowest BCUT2D eigenvalue weighted by atomic mass is 9.79. The first-order valence-corrected chi connectivity index (χ1v) is 19.7. The van der Waals surface area contributed by atoms with Crippen LogP contribution in [0.3, 0.4) is 0 Å². The molecule has 2 aliphatic rings. The van der Waals surface area contributed by atoms with Crippen molar-refractivity contribution in [1.29, 1.82) is 0 Å². The van der Waals surface area contributed by atoms with Gasteiger partial charge in [-0.3, -0.25) is 0 Å². The van der Waals surface area contributed by atoms with E-state index in [-0.39, 0.29) is 10.8 Å². The third-order valence-corrected chi connectivity index (χ3v) is 13.1. The Morgan fingerprint density at radius 1 is 0.304 bits per heavy atom. The Morgan fingerprint density at radius 2 is 0.768 bits per heavy atom. The van der Waals surface area contributed by atoms with Gasteiger partial charge in [-0.15, -0.1) is 0 Å². The number of hydrogen-bond acceptors (Lipinski definition) is 2. The smallest absolute Gasteiger partial charge is 0.136 e. The summed E-state index contributed by atoms with van der Waals surface area (Å²) in [5.74, 6) is 0. The summed E-state index contributed by atoms with van der Waals surface area (Å²) in [6.07, 6.45) is 0. The summed E-state index contributed by atoms with van der Waals surface area (Å²) >= 11 is 0. The number of furan rings is 2. The maximum absolute atomic E-state index is 6.48. The van der Waals surface area contributed by atoms with E-state index in [0.717, 1.165) is 49.4 Å². The molecular weight excluding hydrogens is 681 g/mol. The van der Waals surface area contributed by atoms with E-state index in [2.05, 4.69) is 179 Å². The number of benzene rings is 8. The maximum atomic E-state index is 6.48. The van der Waals surface area contributed by atoms with Gasteiger partial charge in [0.05, 0.1) is 0 Å². The highest BCUT2D eigenvalue weighted by molar-refractivity contribution is 6.15. The van der Waals surface area contributed by atoms with Crippen LogP contribution in [0.25, 0.3) is 99.5 Å². The quantitative estimate of drug-likeness (QED) is 0.182. The fourth-order valence-electron chi connectivity index (χ4n) is 10.1. The average Bonchev–Trinajstić information content (AvgIpc) is 3.91. The zero-order chi connectivity index (χ0) is 37.5. The molecule has 266 valence electrons. The minimum Gasteiger partial charge on any atom is -0.456 e. The van der Waals surface area contributed by atoms with Crippen LogP contribution in [-0.4, -0.2) is 0 Å². The van der Waals surface area contributed by atoms with Crippen molar-refractivity contribution in [2.45, 2.75) is 38.5 Å². The molecule has 2 nitrogen and oxygen atoms in total. The van der Waals surface area contributed by atoms with Crippen molar-refractivity contribution in [3.8, 4) is 55.6 Å². The molecule has 0 N–H and O–H groups in total. The SMILES string of the molecule is CC1(C)c2ccccc2-c2c1ccc1c2-c2ccc(-c3cccc(-c4ccc5oc6cc7c(cc6c5c4)oc4ccc(-c5ccccc5)cc47)c3)cc2C1(C)C. The number of fused-ring (bicyclic) bond motifs is 13. The first kappa shape index (κ1) is 31.7. The summed E-state index contributed by atoms with van der Waals surface area (Å²) in [5, 5.41) is 4.31. The van der Waals surface area contributed by atoms with Crippen LogP contribution in [0.5, 0.6) is 0 Å². The van der Waals surface area contributed by atoms with Gasteiger partial charge < -0.3 is 8.83 Å². The first-order chi connectivity index (χ1) is 27.2. The molecule has 12 rings (SSSR count). The fraction of sp³-hybridized carbons (Fsp3) is 0.111. The summed E-state index contributed by atoms with van der Waals surface area (Å²) in [6.45, 7) is 9.52. The van der Waals surface area contributed by atoms with Crippen LogP contribution in [0.1, 0.15) is 49.9 Å². The Bertz CT molecular complexity index is 3300. The van der Waals surface area contributed by atoms with Gasteiger partial charge >= 0.3 is 0 Å². The van der Waals surface area contributed by atoms with Gasteiger partial charge in [0.25, 0.3) is 0 Å². The minimum absolute atomic E-state index is 0.0210. The van der Waals surface area contributed by atoms with Gasteiger partial charge in [-0.25, -0.2) is 0 Å². The lowest BCUT2D eigenvalue weighted by molar-refractivity contribution is 0.651. The predicted molar refractivity (Wildman–Crippen MR) is 232 cm³/mol. The zero-order valence-corrected chi connectivity index (χ0v) is 31.8. The third-order valence-electron chi connectivity index (χ3n) is 13.1. The maximum Gasteiger partial charge on any atom is 0.136 e. The molecule has 0 amide bonds. The Labute approximate surface area is 325 Å². The monoisotopic (exact) mass is 718 g/mol. The van der Waals surface area contributed by atoms with Crippen LogP contribution >= 0.6 is 0 Å². The normalized spacial score (nSPS) is 14.7. The molecule has 0 saturated carbocycles. The summed E-state index contributed by atoms with van der Waals surface area (Å²) < 4.78 is 12.9. The summed E-state index contributed by atoms with van der Waals surface area (Å²) in [7, 11) is 0. The second-order valence-corrected chi connectivity index (χ2v) is 16.9. The summed E-state index contributed by atoms with van der Waals surface area (Å²) in [5.41, 5.74) is 21.7. The lowest BCUT2D eigenvalue weighted by Crippen LogP contribution is -2.17. The molecule has 0 spiro atoms. The third kappa shape index (κ3) is 4.27. The van der Waals surface area contributed by atoms with Crippen LogP contribution in [0.2, 0.25) is 0 Å². The molecule has 0 atom stereocenters. The van der Waals surface area contributed by atoms with E-state index in [1.54, 1.807) is 0 Å². The van der Waals surface area contributed by atoms with Gasteiger partial charge in [0.1, 0.15) is 22.3 Å². The van der Waals surface area contributed by atoms with E-state index in [9.17, 15) is 0 Å². The van der Waals surface area contributed by atoms with E-state index >= 15 is 0 Å². The minimum atomic E-state index is -0.113. The first-order valence-electron chi connectivity index (χ1n) is 19.7. The van der Waals surface area contributed by atoms with Crippen molar-refractivity contribution in [2.24, 2.45) is 0 Å². The molecule has 0 saturated heterocycles. The van der Waals surface area contributed by atoms with Crippen molar-refractivity contribution < 1.29 is 8.83 Å². The Morgan fingerprint density at radius 3 is 1.41 bits per heavy atom. The molecule has 2 heterocycles. The predicted octanol–water partition coefficient (Wildman–Crippen LogP) is 15.1. The van der Waals surface area contributed by atoms with Crippen molar-refractivity contribution in [3.63, 3.8) is 0 Å². The molecule has 0 bridgehead atoms. The molecule has 8 aromatic carbocycles. The van der Waals surface area contributed by atoms with E-state index in [1.807, 2.05) is 6.07 Å². The Kier molecular flexibility index (Phi) is 6.22. The zero-order valence-electron chi connectivity index (χ0n) is 31.8. The molecule has 0 aliphatic heterocycles. The van der Waals surface area contributed by atoms with Gasteiger partial charge in [0, 0.05) is 32.4 Å². The molecule has 10 aromatic rings. The highest BCUT2D eigenvalue weighted by Crippen LogP contribution is 2.59. The van der Waals surface area contributed by atoms with Crippen molar-refractivity contribution in [1.82, 2.24) is 0 Å². The highest BCUT2D eigenvalue weighted by Gasteiger charge is 2.43. The van der Waals surface area contributed by atoms with Crippen LogP contribution in [-0.2, 0) is 10.8 Å². The molecule has 2 aliphatic carbocycles. The molecule has 2 heteroatoms. The molecule has 0 unspecified atom stereocenters. The van der Waals surface area contributed by atoms with Crippen molar-refractivity contribution >= 4 is 43.9 Å². The number of rotatable bonds is 3. The van der Waals surface area contributed by atoms with Crippen molar-refractivity contribution in [2.75, 3.05) is 0 Å². The van der Waals surface area contributed by atoms with Gasteiger partial charge in [-0.05, 0) is 126 Å². The standard InChI is InChI=1S/C54H38O2/c1-53(2)43-16-9-8-15-37(43)51-44(53)21-22-45-52(51)38-20-17-36(28-46(38)54(45,3)4)33-14-10-13-32(25-33)35-19-24-48-40(27-35)42-30-49-41(29-50(42)56-48)39-26-34(18-23-47(39)55-49)31-11-6-5-7-12-31/h5-30H,1-4H3. The largest absolute Gasteiger partial charge is 0.456 e. The Hall–Kier alpha value is -6.64. The topological polar surface area (TPSA) is 26.3 Å². The van der Waals surface area contributed by atoms with Crippen molar-refractivity contribution in [3.05, 3.63) is 180 Å². The lowest BCUT2D eigenvalue weighted by Gasteiger charge is -2.24. The summed E-state index contributed by atoms with van der Waals surface area (Å²) in [4.78, 5) is 0. The molecule has 0 radical (unpaired) electrons. The van der Waals surface area contributed by atoms with Gasteiger partial charge in [0.15, 0.2) is 0 Å². The molecule has 2 aromatic heterocycles. The second-order valence-electron chi connectivity index (χ2n) is 16.9. The molecule has 0 fully saturated rings. The van der Waals surface area contributed by atoms with Crippen LogP contribution in [0.4, 0.5) is 0 Å². The molecule has 56 heavy (non-hydrogen) atoms. The van der Waals surface area contributed by atoms with E-state index in [4.69, 9.17) is 8.83 Å². The molecular formula is C54H38O2. The van der Waals surface area contributed by atoms with Crippen LogP contribution < -0.4 is 0 Å². The second kappa shape index (κ2) is 11.0. The summed E-state index contributed by atoms with van der Waals surface area (Å²) in [6, 6.07) is 57.7. The van der Waals surface area contributed by atoms with Crippen LogP contribution in [0.15, 0.2) is 167 Å². The van der Waals surface area contributed by atoms with Gasteiger partial charge in [0.2, 0.25) is 0 Å². The fourth-order valence-corrected chi connectivity index (χ4v) is 10.1. The average molecular weight is 719 g/mol. The van der Waals surface area contributed by atoms with Gasteiger partial charge in [-0.2, -0.15) is 0 Å². The van der Waals surface area contributed by atoms with E-state index in [0.29, 0.717) is 0 Å². The highest BCUT2D eigenvalue weighted by atomic mass is 16.3. The van der Waals surface area contributed by atoms with Gasteiger partial charge in [-0.1, -0.05) is 137 Å². The van der Waals surface area contributed by atoms with E-state index in [1.165, 1.54) is 72.3 Å². The number of hydrogen-bond donors (Lipinski definition) is 0. The van der Waals surface area contributed by atoms with Crippen LogP contribution in [0, 0.1) is 0 Å². The Balaban J connectivity index is 0.934. The van der Waals surface area contributed by atoms with E-state index < -0.39 is 0 Å².